The van der Waals surface area contributed by atoms with Gasteiger partial charge in [-0.1, -0.05) is 42.5 Å². The summed E-state index contributed by atoms with van der Waals surface area (Å²) in [5.74, 6) is 0.0506. The van der Waals surface area contributed by atoms with Crippen LogP contribution in [0.4, 0.5) is 0 Å². The first kappa shape index (κ1) is 17.7. The van der Waals surface area contributed by atoms with Gasteiger partial charge >= 0.3 is 0 Å². The molecule has 0 aromatic heterocycles. The Morgan fingerprint density at radius 1 is 1.20 bits per heavy atom. The van der Waals surface area contributed by atoms with Crippen molar-refractivity contribution in [2.24, 2.45) is 29.4 Å². The highest BCUT2D eigenvalue weighted by molar-refractivity contribution is 5.80. The second kappa shape index (κ2) is 7.83. The molecular formula is C20H26N2O3. The van der Waals surface area contributed by atoms with Crippen LogP contribution in [0, 0.1) is 23.7 Å². The Balaban J connectivity index is 1.46. The van der Waals surface area contributed by atoms with Crippen molar-refractivity contribution in [1.82, 2.24) is 5.32 Å². The van der Waals surface area contributed by atoms with Crippen molar-refractivity contribution in [2.75, 3.05) is 6.54 Å². The third kappa shape index (κ3) is 4.48. The number of amides is 2. The quantitative estimate of drug-likeness (QED) is 0.624. The van der Waals surface area contributed by atoms with E-state index in [9.17, 15) is 14.7 Å². The van der Waals surface area contributed by atoms with Crippen LogP contribution in [-0.4, -0.2) is 29.6 Å². The number of hydrogen-bond donors (Lipinski definition) is 3. The fourth-order valence-corrected chi connectivity index (χ4v) is 4.04. The van der Waals surface area contributed by atoms with Crippen molar-refractivity contribution in [1.29, 1.82) is 0 Å². The molecule has 0 heterocycles. The Hall–Kier alpha value is -2.14. The van der Waals surface area contributed by atoms with Crippen LogP contribution < -0.4 is 11.1 Å². The van der Waals surface area contributed by atoms with E-state index in [1.165, 1.54) is 0 Å². The van der Waals surface area contributed by atoms with Crippen LogP contribution >= 0.6 is 0 Å². The summed E-state index contributed by atoms with van der Waals surface area (Å²) in [4.78, 5) is 24.0. The summed E-state index contributed by atoms with van der Waals surface area (Å²) in [6, 6.07) is 9.61. The van der Waals surface area contributed by atoms with Crippen LogP contribution in [0.15, 0.2) is 42.5 Å². The largest absolute Gasteiger partial charge is 0.391 e. The van der Waals surface area contributed by atoms with Crippen LogP contribution in [0.3, 0.4) is 0 Å². The number of hydrogen-bond acceptors (Lipinski definition) is 3. The number of rotatable bonds is 8. The summed E-state index contributed by atoms with van der Waals surface area (Å²) in [6.07, 6.45) is 6.28. The Morgan fingerprint density at radius 3 is 2.56 bits per heavy atom. The zero-order chi connectivity index (χ0) is 17.8. The van der Waals surface area contributed by atoms with Gasteiger partial charge in [-0.2, -0.15) is 0 Å². The van der Waals surface area contributed by atoms with Crippen LogP contribution in [0.2, 0.25) is 0 Å². The number of aliphatic hydroxyl groups is 1. The molecule has 5 heteroatoms. The lowest BCUT2D eigenvalue weighted by Gasteiger charge is -2.21. The maximum Gasteiger partial charge on any atom is 0.223 e. The van der Waals surface area contributed by atoms with E-state index in [0.29, 0.717) is 18.3 Å². The predicted molar refractivity (Wildman–Crippen MR) is 95.3 cm³/mol. The van der Waals surface area contributed by atoms with Crippen molar-refractivity contribution >= 4 is 11.8 Å². The maximum atomic E-state index is 12.3. The van der Waals surface area contributed by atoms with Gasteiger partial charge in [0.1, 0.15) is 0 Å². The van der Waals surface area contributed by atoms with Crippen molar-refractivity contribution in [3.63, 3.8) is 0 Å². The molecule has 1 unspecified atom stereocenters. The molecule has 5 atom stereocenters. The Labute approximate surface area is 148 Å². The van der Waals surface area contributed by atoms with Gasteiger partial charge < -0.3 is 16.2 Å². The summed E-state index contributed by atoms with van der Waals surface area (Å²) >= 11 is 0. The summed E-state index contributed by atoms with van der Waals surface area (Å²) in [7, 11) is 0. The van der Waals surface area contributed by atoms with Crippen LogP contribution in [0.25, 0.3) is 0 Å². The fraction of sp³-hybridized carbons (Fsp3) is 0.500. The summed E-state index contributed by atoms with van der Waals surface area (Å²) in [5, 5.41) is 13.1. The Kier molecular flexibility index (Phi) is 5.53. The number of nitrogens with two attached hydrogens (primary N) is 1. The monoisotopic (exact) mass is 342 g/mol. The van der Waals surface area contributed by atoms with E-state index in [0.717, 1.165) is 18.4 Å². The number of benzene rings is 1. The molecule has 2 aliphatic rings. The number of nitrogens with one attached hydrogen (secondary N) is 1. The first-order chi connectivity index (χ1) is 12.0. The van der Waals surface area contributed by atoms with Gasteiger partial charge in [0.25, 0.3) is 0 Å². The lowest BCUT2D eigenvalue weighted by Crippen LogP contribution is -2.39. The highest BCUT2D eigenvalue weighted by Crippen LogP contribution is 2.43. The molecule has 2 aliphatic carbocycles. The molecule has 0 aliphatic heterocycles. The molecule has 2 amide bonds. The minimum Gasteiger partial charge on any atom is -0.391 e. The fourth-order valence-electron chi connectivity index (χ4n) is 4.04. The number of primary amides is 1. The minimum absolute atomic E-state index is 0.00887. The zero-order valence-corrected chi connectivity index (χ0v) is 14.3. The van der Waals surface area contributed by atoms with Gasteiger partial charge in [0.15, 0.2) is 0 Å². The summed E-state index contributed by atoms with van der Waals surface area (Å²) in [6.45, 7) is 0.162. The molecule has 0 saturated heterocycles. The van der Waals surface area contributed by atoms with Gasteiger partial charge in [-0.25, -0.2) is 0 Å². The second-order valence-electron chi connectivity index (χ2n) is 7.31. The zero-order valence-electron chi connectivity index (χ0n) is 14.3. The van der Waals surface area contributed by atoms with Gasteiger partial charge in [-0.3, -0.25) is 9.59 Å². The molecule has 1 aromatic rings. The predicted octanol–water partition coefficient (Wildman–Crippen LogP) is 1.41. The molecule has 1 fully saturated rings. The number of carbonyl (C=O) groups excluding carboxylic acids is 2. The molecule has 2 bridgehead atoms. The molecular weight excluding hydrogens is 316 g/mol. The molecule has 5 nitrogen and oxygen atoms in total. The van der Waals surface area contributed by atoms with Gasteiger partial charge in [0.05, 0.1) is 6.10 Å². The third-order valence-electron chi connectivity index (χ3n) is 5.41. The van der Waals surface area contributed by atoms with Gasteiger partial charge in [-0.05, 0) is 43.1 Å². The third-order valence-corrected chi connectivity index (χ3v) is 5.41. The van der Waals surface area contributed by atoms with Gasteiger partial charge in [0, 0.05) is 18.4 Å². The van der Waals surface area contributed by atoms with E-state index in [2.05, 4.69) is 17.5 Å². The first-order valence-electron chi connectivity index (χ1n) is 9.00. The summed E-state index contributed by atoms with van der Waals surface area (Å²) in [5.41, 5.74) is 6.49. The lowest BCUT2D eigenvalue weighted by atomic mass is 9.92. The van der Waals surface area contributed by atoms with Crippen molar-refractivity contribution < 1.29 is 14.7 Å². The van der Waals surface area contributed by atoms with Crippen molar-refractivity contribution in [3.05, 3.63) is 48.0 Å². The van der Waals surface area contributed by atoms with Crippen LogP contribution in [0.5, 0.6) is 0 Å². The molecule has 0 radical (unpaired) electrons. The standard InChI is InChI=1S/C20H26N2O3/c21-19(24)16(8-13-4-2-1-3-5-13)11-17(23)12-22-20(25)18-10-14-6-7-15(18)9-14/h1-7,14-18,23H,8-12H2,(H2,21,24)(H,22,25)/t14-,15+,16-,17+,18?/m1/s1. The maximum absolute atomic E-state index is 12.3. The summed E-state index contributed by atoms with van der Waals surface area (Å²) < 4.78 is 0. The van der Waals surface area contributed by atoms with Gasteiger partial charge in [-0.15, -0.1) is 0 Å². The molecule has 1 saturated carbocycles. The number of carbonyl (C=O) groups is 2. The molecule has 3 rings (SSSR count). The van der Waals surface area contributed by atoms with Gasteiger partial charge in [0.2, 0.25) is 11.8 Å². The molecule has 1 aromatic carbocycles. The smallest absolute Gasteiger partial charge is 0.223 e. The molecule has 0 spiro atoms. The van der Waals surface area contributed by atoms with Crippen molar-refractivity contribution in [2.45, 2.75) is 31.8 Å². The highest BCUT2D eigenvalue weighted by atomic mass is 16.3. The first-order valence-corrected chi connectivity index (χ1v) is 9.00. The van der Waals surface area contributed by atoms with E-state index < -0.39 is 17.9 Å². The molecule has 25 heavy (non-hydrogen) atoms. The minimum atomic E-state index is -0.778. The van der Waals surface area contributed by atoms with E-state index >= 15 is 0 Å². The second-order valence-corrected chi connectivity index (χ2v) is 7.31. The highest BCUT2D eigenvalue weighted by Gasteiger charge is 2.39. The number of allylic oxidation sites excluding steroid dienone is 2. The van der Waals surface area contributed by atoms with E-state index in [4.69, 9.17) is 5.73 Å². The normalized spacial score (nSPS) is 26.4. The topological polar surface area (TPSA) is 92.4 Å². The van der Waals surface area contributed by atoms with E-state index in [-0.39, 0.29) is 24.8 Å². The SMILES string of the molecule is NC(=O)[C@H](Cc1ccccc1)C[C@H](O)CNC(=O)C1C[C@@H]2C=C[C@H]1C2. The van der Waals surface area contributed by atoms with E-state index in [1.807, 2.05) is 30.3 Å². The van der Waals surface area contributed by atoms with E-state index in [1.54, 1.807) is 0 Å². The van der Waals surface area contributed by atoms with Crippen LogP contribution in [0.1, 0.15) is 24.8 Å². The molecule has 4 N–H and O–H groups in total. The van der Waals surface area contributed by atoms with Crippen LogP contribution in [-0.2, 0) is 16.0 Å². The number of fused-ring (bicyclic) bond motifs is 2. The Morgan fingerprint density at radius 2 is 1.96 bits per heavy atom. The van der Waals surface area contributed by atoms with Crippen molar-refractivity contribution in [3.8, 4) is 0 Å². The Bertz CT molecular complexity index is 644. The lowest BCUT2D eigenvalue weighted by molar-refractivity contribution is -0.126. The average Bonchev–Trinajstić information content (AvgIpc) is 3.23. The molecule has 134 valence electrons. The number of aliphatic hydroxyl groups excluding tert-OH is 1. The average molecular weight is 342 g/mol.